The number of halogens is 1. The molecule has 1 heterocycles. The quantitative estimate of drug-likeness (QED) is 0.193. The number of fused-ring (bicyclic) bond motifs is 1. The summed E-state index contributed by atoms with van der Waals surface area (Å²) in [6, 6.07) is 15.1. The number of nitrogens with zero attached hydrogens (tertiary/aromatic N) is 1. The zero-order chi connectivity index (χ0) is 19.2. The highest BCUT2D eigenvalue weighted by molar-refractivity contribution is 14.0. The number of benzene rings is 2. The van der Waals surface area contributed by atoms with E-state index in [4.69, 9.17) is 15.9 Å². The van der Waals surface area contributed by atoms with Gasteiger partial charge < -0.3 is 20.4 Å². The van der Waals surface area contributed by atoms with Crippen LogP contribution in [-0.2, 0) is 6.54 Å². The van der Waals surface area contributed by atoms with E-state index in [2.05, 4.69) is 9.88 Å². The number of thioether (sulfide) groups is 1. The number of para-hydroxylation sites is 1. The number of amides is 1. The number of amidine groups is 1. The van der Waals surface area contributed by atoms with Gasteiger partial charge in [-0.15, -0.1) is 24.0 Å². The van der Waals surface area contributed by atoms with Gasteiger partial charge >= 0.3 is 0 Å². The Balaban J connectivity index is 0.00000280. The van der Waals surface area contributed by atoms with Crippen LogP contribution >= 0.6 is 35.7 Å². The van der Waals surface area contributed by atoms with Gasteiger partial charge in [-0.3, -0.25) is 10.2 Å². The maximum atomic E-state index is 12.3. The number of aromatic nitrogens is 1. The third kappa shape index (κ3) is 5.41. The van der Waals surface area contributed by atoms with Crippen LogP contribution in [0.3, 0.4) is 0 Å². The zero-order valence-electron chi connectivity index (χ0n) is 15.5. The molecule has 0 fully saturated rings. The summed E-state index contributed by atoms with van der Waals surface area (Å²) in [7, 11) is 0. The van der Waals surface area contributed by atoms with Crippen molar-refractivity contribution in [1.29, 1.82) is 5.41 Å². The number of carbonyl (C=O) groups is 1. The molecule has 0 saturated heterocycles. The summed E-state index contributed by atoms with van der Waals surface area (Å²) in [5.74, 6) is 0.635. The minimum Gasteiger partial charge on any atom is -0.494 e. The van der Waals surface area contributed by atoms with Gasteiger partial charge in [-0.2, -0.15) is 0 Å². The lowest BCUT2D eigenvalue weighted by Crippen LogP contribution is -2.27. The van der Waals surface area contributed by atoms with Gasteiger partial charge in [0.15, 0.2) is 5.17 Å². The number of rotatable bonds is 7. The molecule has 4 N–H and O–H groups in total. The molecule has 0 atom stereocenters. The van der Waals surface area contributed by atoms with E-state index in [-0.39, 0.29) is 35.1 Å². The van der Waals surface area contributed by atoms with Crippen LogP contribution in [0.5, 0.6) is 5.75 Å². The van der Waals surface area contributed by atoms with Crippen molar-refractivity contribution in [2.75, 3.05) is 13.2 Å². The number of nitrogens with two attached hydrogens (primary N) is 1. The molecular weight excluding hydrogens is 487 g/mol. The van der Waals surface area contributed by atoms with Gasteiger partial charge in [0, 0.05) is 40.6 Å². The molecule has 3 aromatic rings. The standard InChI is InChI=1S/C20H22N4O2S.HI/c1-2-26-15-9-7-14(8-10-15)19(25)23-11-12-24-13-18(27-20(21)22)16-5-3-4-6-17(16)24;/h3-10,13H,2,11-12H2,1H3,(H3,21,22)(H,23,25);1H. The molecule has 0 aliphatic carbocycles. The Morgan fingerprint density at radius 2 is 1.93 bits per heavy atom. The Morgan fingerprint density at radius 3 is 2.61 bits per heavy atom. The van der Waals surface area contributed by atoms with Crippen LogP contribution in [0.15, 0.2) is 59.6 Å². The van der Waals surface area contributed by atoms with E-state index in [9.17, 15) is 4.79 Å². The molecule has 8 heteroatoms. The predicted molar refractivity (Wildman–Crippen MR) is 125 cm³/mol. The molecule has 2 aromatic carbocycles. The van der Waals surface area contributed by atoms with Gasteiger partial charge in [0.05, 0.1) is 6.61 Å². The van der Waals surface area contributed by atoms with E-state index < -0.39 is 0 Å². The normalized spacial score (nSPS) is 10.3. The predicted octanol–water partition coefficient (Wildman–Crippen LogP) is 4.07. The van der Waals surface area contributed by atoms with Crippen molar-refractivity contribution in [3.63, 3.8) is 0 Å². The fourth-order valence-electron chi connectivity index (χ4n) is 2.86. The van der Waals surface area contributed by atoms with Gasteiger partial charge in [0.2, 0.25) is 0 Å². The molecule has 28 heavy (non-hydrogen) atoms. The van der Waals surface area contributed by atoms with Crippen LogP contribution in [0, 0.1) is 5.41 Å². The molecule has 1 aromatic heterocycles. The maximum absolute atomic E-state index is 12.3. The lowest BCUT2D eigenvalue weighted by atomic mass is 10.2. The van der Waals surface area contributed by atoms with E-state index >= 15 is 0 Å². The van der Waals surface area contributed by atoms with E-state index in [1.165, 1.54) is 11.8 Å². The molecule has 6 nitrogen and oxygen atoms in total. The molecule has 3 rings (SSSR count). The molecule has 0 spiro atoms. The second-order valence-corrected chi connectivity index (χ2v) is 6.97. The summed E-state index contributed by atoms with van der Waals surface area (Å²) < 4.78 is 7.46. The Bertz CT molecular complexity index is 956. The van der Waals surface area contributed by atoms with E-state index in [0.717, 1.165) is 21.5 Å². The van der Waals surface area contributed by atoms with Crippen molar-refractivity contribution >= 4 is 57.7 Å². The first-order valence-corrected chi connectivity index (χ1v) is 9.51. The van der Waals surface area contributed by atoms with Crippen molar-refractivity contribution in [1.82, 2.24) is 9.88 Å². The number of ether oxygens (including phenoxy) is 1. The monoisotopic (exact) mass is 510 g/mol. The molecule has 0 radical (unpaired) electrons. The summed E-state index contributed by atoms with van der Waals surface area (Å²) in [6.45, 7) is 3.64. The summed E-state index contributed by atoms with van der Waals surface area (Å²) >= 11 is 1.23. The lowest BCUT2D eigenvalue weighted by molar-refractivity contribution is 0.0952. The Morgan fingerprint density at radius 1 is 1.21 bits per heavy atom. The zero-order valence-corrected chi connectivity index (χ0v) is 18.6. The summed E-state index contributed by atoms with van der Waals surface area (Å²) in [6.07, 6.45) is 1.97. The first-order chi connectivity index (χ1) is 13.1. The van der Waals surface area contributed by atoms with Crippen molar-refractivity contribution in [2.24, 2.45) is 5.73 Å². The molecule has 0 saturated carbocycles. The second-order valence-electron chi connectivity index (χ2n) is 5.88. The number of carbonyl (C=O) groups excluding carboxylic acids is 1. The topological polar surface area (TPSA) is 93.1 Å². The van der Waals surface area contributed by atoms with Crippen LogP contribution < -0.4 is 15.8 Å². The smallest absolute Gasteiger partial charge is 0.251 e. The Labute approximate surface area is 185 Å². The van der Waals surface area contributed by atoms with E-state index in [0.29, 0.717) is 25.3 Å². The summed E-state index contributed by atoms with van der Waals surface area (Å²) in [5, 5.41) is 11.6. The fourth-order valence-corrected chi connectivity index (χ4v) is 3.56. The Hall–Kier alpha value is -2.20. The lowest BCUT2D eigenvalue weighted by Gasteiger charge is -2.08. The molecule has 0 bridgehead atoms. The molecule has 0 aliphatic heterocycles. The van der Waals surface area contributed by atoms with Gasteiger partial charge in [-0.1, -0.05) is 30.0 Å². The van der Waals surface area contributed by atoms with Crippen LogP contribution in [0.2, 0.25) is 0 Å². The third-order valence-corrected chi connectivity index (χ3v) is 4.80. The molecular formula is C20H23IN4O2S. The van der Waals surface area contributed by atoms with Crippen LogP contribution in [0.4, 0.5) is 0 Å². The minimum absolute atomic E-state index is 0. The SMILES string of the molecule is CCOc1ccc(C(=O)NCCn2cc(SC(=N)N)c3ccccc32)cc1.I. The van der Waals surface area contributed by atoms with Crippen molar-refractivity contribution in [2.45, 2.75) is 18.4 Å². The first-order valence-electron chi connectivity index (χ1n) is 8.69. The van der Waals surface area contributed by atoms with Gasteiger partial charge in [-0.05, 0) is 37.3 Å². The van der Waals surface area contributed by atoms with E-state index in [1.807, 2.05) is 37.4 Å². The summed E-state index contributed by atoms with van der Waals surface area (Å²) in [5.41, 5.74) is 7.18. The molecule has 0 unspecified atom stereocenters. The number of nitrogens with one attached hydrogen (secondary N) is 2. The fraction of sp³-hybridized carbons (Fsp3) is 0.200. The summed E-state index contributed by atoms with van der Waals surface area (Å²) in [4.78, 5) is 13.2. The average molecular weight is 510 g/mol. The second kappa shape index (κ2) is 10.4. The van der Waals surface area contributed by atoms with Crippen molar-refractivity contribution < 1.29 is 9.53 Å². The molecule has 148 valence electrons. The van der Waals surface area contributed by atoms with E-state index in [1.54, 1.807) is 24.3 Å². The third-order valence-electron chi connectivity index (χ3n) is 4.04. The van der Waals surface area contributed by atoms with Crippen molar-refractivity contribution in [3.8, 4) is 5.75 Å². The number of hydrogen-bond acceptors (Lipinski definition) is 4. The highest BCUT2D eigenvalue weighted by Crippen LogP contribution is 2.29. The first kappa shape index (κ1) is 22.1. The van der Waals surface area contributed by atoms with Gasteiger partial charge in [0.1, 0.15) is 5.75 Å². The highest BCUT2D eigenvalue weighted by atomic mass is 127. The maximum Gasteiger partial charge on any atom is 0.251 e. The highest BCUT2D eigenvalue weighted by Gasteiger charge is 2.10. The van der Waals surface area contributed by atoms with Crippen molar-refractivity contribution in [3.05, 3.63) is 60.3 Å². The van der Waals surface area contributed by atoms with Crippen LogP contribution in [-0.4, -0.2) is 28.8 Å². The Kier molecular flexibility index (Phi) is 8.18. The van der Waals surface area contributed by atoms with Crippen LogP contribution in [0.1, 0.15) is 17.3 Å². The van der Waals surface area contributed by atoms with Gasteiger partial charge in [0.25, 0.3) is 5.91 Å². The van der Waals surface area contributed by atoms with Gasteiger partial charge in [-0.25, -0.2) is 0 Å². The average Bonchev–Trinajstić information content (AvgIpc) is 3.00. The minimum atomic E-state index is -0.118. The largest absolute Gasteiger partial charge is 0.494 e. The molecule has 1 amide bonds. The van der Waals surface area contributed by atoms with Crippen LogP contribution in [0.25, 0.3) is 10.9 Å². The molecule has 0 aliphatic rings. The number of hydrogen-bond donors (Lipinski definition) is 3.